The van der Waals surface area contributed by atoms with Crippen molar-refractivity contribution in [2.75, 3.05) is 17.7 Å². The number of benzene rings is 2. The average Bonchev–Trinajstić information content (AvgIpc) is 3.11. The van der Waals surface area contributed by atoms with Gasteiger partial charge >= 0.3 is 45.6 Å². The molecule has 0 unspecified atom stereocenters. The Morgan fingerprint density at radius 3 is 2.39 bits per heavy atom. The van der Waals surface area contributed by atoms with Gasteiger partial charge < -0.3 is 46.9 Å². The summed E-state index contributed by atoms with van der Waals surface area (Å²) in [5, 5.41) is 6.24. The third-order valence-corrected chi connectivity index (χ3v) is 4.30. The Morgan fingerprint density at radius 2 is 1.75 bits per heavy atom. The molecule has 0 saturated heterocycles. The monoisotopic (exact) mass is 547 g/mol. The molecule has 5 N–H and O–H groups in total. The van der Waals surface area contributed by atoms with Crippen LogP contribution in [0.25, 0.3) is 11.1 Å². The van der Waals surface area contributed by atoms with Gasteiger partial charge in [0.25, 0.3) is 0 Å². The van der Waals surface area contributed by atoms with E-state index in [0.717, 1.165) is 5.56 Å². The summed E-state index contributed by atoms with van der Waals surface area (Å²) < 4.78 is 32.9. The molecule has 0 aliphatic carbocycles. The number of aromatic nitrogens is 3. The molecule has 0 spiro atoms. The SMILES string of the molecule is COc1cc(Nc2ncc(C)c(Nc3ccc4oc(=O)[n-]c4c3)n2)cc(C)c1F.O=P(O)(O)O.[CH3-].[Ca+2]. The minimum absolute atomic E-state index is 0. The van der Waals surface area contributed by atoms with Gasteiger partial charge in [-0.25, -0.2) is 13.9 Å². The Labute approximate surface area is 235 Å². The maximum atomic E-state index is 14.0. The van der Waals surface area contributed by atoms with Crippen LogP contribution in [0.1, 0.15) is 11.1 Å². The number of ether oxygens (including phenoxy) is 1. The average molecular weight is 547 g/mol. The molecule has 0 radical (unpaired) electrons. The van der Waals surface area contributed by atoms with Crippen molar-refractivity contribution in [1.82, 2.24) is 15.0 Å². The third kappa shape index (κ3) is 8.86. The van der Waals surface area contributed by atoms with E-state index in [-0.39, 0.29) is 50.9 Å². The molecule has 0 aliphatic heterocycles. The molecule has 36 heavy (non-hydrogen) atoms. The van der Waals surface area contributed by atoms with Crippen molar-refractivity contribution < 1.29 is 32.8 Å². The Morgan fingerprint density at radius 1 is 1.08 bits per heavy atom. The standard InChI is InChI=1S/C20H18FN5O3.CH3.Ca.H3O4P/c1-10-6-13(8-16(28-3)17(10)21)24-19-22-9-11(2)18(26-19)23-12-4-5-15-14(7-12)25-20(27)29-15;;;1-5(2,3)4/h4-9H,1-3H3,(H3,22,23,24,25,26,27);1H3;;(H3,1,2,3,4)/q;-1;+2;/p-1. The molecule has 2 heterocycles. The van der Waals surface area contributed by atoms with Crippen LogP contribution in [0, 0.1) is 27.1 Å². The van der Waals surface area contributed by atoms with Gasteiger partial charge in [0.1, 0.15) is 11.4 Å². The Balaban J connectivity index is 0.000000846. The zero-order valence-corrected chi connectivity index (χ0v) is 22.9. The number of anilines is 4. The molecule has 12 nitrogen and oxygen atoms in total. The molecule has 4 aromatic rings. The van der Waals surface area contributed by atoms with E-state index < -0.39 is 19.4 Å². The zero-order valence-electron chi connectivity index (χ0n) is 19.8. The third-order valence-electron chi connectivity index (χ3n) is 4.30. The fourth-order valence-corrected chi connectivity index (χ4v) is 2.84. The largest absolute Gasteiger partial charge is 2.00 e. The first-order valence-electron chi connectivity index (χ1n) is 9.50. The fraction of sp³-hybridized carbons (Fsp3) is 0.143. The van der Waals surface area contributed by atoms with Crippen molar-refractivity contribution in [3.05, 3.63) is 71.5 Å². The van der Waals surface area contributed by atoms with E-state index in [0.29, 0.717) is 39.8 Å². The predicted molar refractivity (Wildman–Crippen MR) is 133 cm³/mol. The van der Waals surface area contributed by atoms with Gasteiger partial charge in [-0.05, 0) is 43.7 Å². The minimum atomic E-state index is -4.64. The van der Waals surface area contributed by atoms with Crippen LogP contribution in [0.4, 0.5) is 27.5 Å². The first-order chi connectivity index (χ1) is 15.9. The van der Waals surface area contributed by atoms with Crippen LogP contribution in [0.5, 0.6) is 5.75 Å². The molecule has 0 atom stereocenters. The maximum absolute atomic E-state index is 14.0. The number of hydrogen-bond acceptors (Lipinski definition) is 8. The van der Waals surface area contributed by atoms with Gasteiger partial charge in [0.15, 0.2) is 11.6 Å². The Kier molecular flexibility index (Phi) is 11.5. The number of methoxy groups -OCH3 is 1. The van der Waals surface area contributed by atoms with Gasteiger partial charge in [0.2, 0.25) is 11.7 Å². The number of oxazole rings is 1. The molecule has 0 saturated carbocycles. The first kappa shape index (κ1) is 31.5. The second-order valence-corrected chi connectivity index (χ2v) is 7.99. The summed E-state index contributed by atoms with van der Waals surface area (Å²) in [7, 11) is -3.23. The summed E-state index contributed by atoms with van der Waals surface area (Å²) >= 11 is 0. The van der Waals surface area contributed by atoms with Crippen molar-refractivity contribution in [3.63, 3.8) is 0 Å². The summed E-state index contributed by atoms with van der Waals surface area (Å²) in [6.45, 7) is 3.51. The normalized spacial score (nSPS) is 10.4. The number of phosphoric acid groups is 1. The van der Waals surface area contributed by atoms with Gasteiger partial charge in [-0.1, -0.05) is 5.52 Å². The Bertz CT molecular complexity index is 1430. The summed E-state index contributed by atoms with van der Waals surface area (Å²) in [6.07, 6.45) is 1.66. The van der Waals surface area contributed by atoms with Crippen LogP contribution < -0.4 is 26.1 Å². The number of aryl methyl sites for hydroxylation is 2. The number of nitrogens with zero attached hydrogens (tertiary/aromatic N) is 3. The molecule has 15 heteroatoms. The second-order valence-electron chi connectivity index (χ2n) is 6.96. The van der Waals surface area contributed by atoms with Crippen LogP contribution in [-0.2, 0) is 4.57 Å². The van der Waals surface area contributed by atoms with Gasteiger partial charge in [-0.2, -0.15) is 4.98 Å². The zero-order chi connectivity index (χ0) is 25.0. The quantitative estimate of drug-likeness (QED) is 0.140. The van der Waals surface area contributed by atoms with E-state index in [1.54, 1.807) is 37.4 Å². The number of fused-ring (bicyclic) bond motifs is 1. The van der Waals surface area contributed by atoms with Crippen molar-refractivity contribution >= 4 is 79.8 Å². The van der Waals surface area contributed by atoms with E-state index in [1.807, 2.05) is 6.92 Å². The number of halogens is 1. The molecular formula is C21H23CaFN5O7P. The molecule has 0 fully saturated rings. The summed E-state index contributed by atoms with van der Waals surface area (Å²) in [4.78, 5) is 45.4. The topological polar surface area (TPSA) is 181 Å². The maximum Gasteiger partial charge on any atom is 2.00 e. The van der Waals surface area contributed by atoms with Crippen molar-refractivity contribution in [3.8, 4) is 5.75 Å². The molecule has 2 aromatic carbocycles. The molecule has 4 rings (SSSR count). The van der Waals surface area contributed by atoms with E-state index in [9.17, 15) is 9.18 Å². The van der Waals surface area contributed by atoms with Gasteiger partial charge in [-0.15, -0.1) is 0 Å². The first-order valence-corrected chi connectivity index (χ1v) is 11.1. The number of nitrogens with one attached hydrogen (secondary N) is 2. The van der Waals surface area contributed by atoms with Gasteiger partial charge in [0.05, 0.1) is 7.11 Å². The van der Waals surface area contributed by atoms with Crippen molar-refractivity contribution in [1.29, 1.82) is 0 Å². The molecule has 0 amide bonds. The number of hydrogen-bond donors (Lipinski definition) is 5. The predicted octanol–water partition coefficient (Wildman–Crippen LogP) is 2.93. The smallest absolute Gasteiger partial charge is 0.587 e. The summed E-state index contributed by atoms with van der Waals surface area (Å²) in [5.41, 5.74) is 3.42. The van der Waals surface area contributed by atoms with Crippen LogP contribution in [0.15, 0.2) is 45.7 Å². The van der Waals surface area contributed by atoms with E-state index in [1.165, 1.54) is 13.2 Å². The Hall–Kier alpha value is -2.51. The van der Waals surface area contributed by atoms with Crippen LogP contribution >= 0.6 is 7.82 Å². The van der Waals surface area contributed by atoms with Crippen LogP contribution in [0.3, 0.4) is 0 Å². The van der Waals surface area contributed by atoms with Crippen LogP contribution in [-0.4, -0.2) is 69.5 Å². The molecule has 0 bridgehead atoms. The van der Waals surface area contributed by atoms with Crippen molar-refractivity contribution in [2.24, 2.45) is 0 Å². The molecule has 2 aromatic heterocycles. The second kappa shape index (κ2) is 13.2. The molecular weight excluding hydrogens is 524 g/mol. The molecule has 188 valence electrons. The van der Waals surface area contributed by atoms with Gasteiger partial charge in [0, 0.05) is 29.2 Å². The van der Waals surface area contributed by atoms with Gasteiger partial charge in [-0.3, -0.25) is 4.79 Å². The summed E-state index contributed by atoms with van der Waals surface area (Å²) in [6, 6.07) is 8.30. The molecule has 0 aliphatic rings. The minimum Gasteiger partial charge on any atom is -0.587 e. The fourth-order valence-electron chi connectivity index (χ4n) is 2.84. The van der Waals surface area contributed by atoms with E-state index >= 15 is 0 Å². The van der Waals surface area contributed by atoms with Crippen LogP contribution in [0.2, 0.25) is 0 Å². The van der Waals surface area contributed by atoms with Crippen molar-refractivity contribution in [2.45, 2.75) is 13.8 Å². The number of rotatable bonds is 5. The summed E-state index contributed by atoms with van der Waals surface area (Å²) in [5.74, 6) is -0.00721. The van der Waals surface area contributed by atoms with E-state index in [2.05, 4.69) is 25.6 Å². The van der Waals surface area contributed by atoms with E-state index in [4.69, 9.17) is 28.4 Å².